The van der Waals surface area contributed by atoms with E-state index in [1.807, 2.05) is 12.1 Å². The molecule has 4 heteroatoms. The third-order valence-electron chi connectivity index (χ3n) is 4.87. The third-order valence-corrected chi connectivity index (χ3v) is 5.10. The molecule has 1 fully saturated rings. The third kappa shape index (κ3) is 2.58. The minimum absolute atomic E-state index is 0.214. The van der Waals surface area contributed by atoms with E-state index in [4.69, 9.17) is 16.6 Å². The summed E-state index contributed by atoms with van der Waals surface area (Å²) in [5.41, 5.74) is 2.48. The van der Waals surface area contributed by atoms with Crippen LogP contribution in [0, 0.1) is 0 Å². The second kappa shape index (κ2) is 5.98. The van der Waals surface area contributed by atoms with Crippen molar-refractivity contribution in [1.82, 2.24) is 14.9 Å². The Hall–Kier alpha value is -1.06. The van der Waals surface area contributed by atoms with E-state index in [1.165, 1.54) is 24.2 Å². The van der Waals surface area contributed by atoms with Gasteiger partial charge in [0.25, 0.3) is 0 Å². The molecule has 0 aliphatic carbocycles. The van der Waals surface area contributed by atoms with Crippen molar-refractivity contribution in [3.8, 4) is 0 Å². The number of hydrogen-bond donors (Lipinski definition) is 1. The van der Waals surface area contributed by atoms with Gasteiger partial charge in [-0.25, -0.2) is 4.98 Å². The van der Waals surface area contributed by atoms with Gasteiger partial charge in [0.15, 0.2) is 0 Å². The van der Waals surface area contributed by atoms with Gasteiger partial charge in [0, 0.05) is 17.0 Å². The van der Waals surface area contributed by atoms with Crippen molar-refractivity contribution in [2.24, 2.45) is 0 Å². The number of aryl methyl sites for hydroxylation is 1. The number of nitrogens with zero attached hydrogens (tertiary/aromatic N) is 2. The van der Waals surface area contributed by atoms with Crippen LogP contribution in [-0.2, 0) is 12.0 Å². The standard InChI is InChI=1S/C17H24ClN3/c1-3-11-21-15-6-5-13(18)12-14(15)20-16(21)17(4-2)7-9-19-10-8-17/h5-6,12,19H,3-4,7-11H2,1-2H3. The molecule has 1 saturated heterocycles. The smallest absolute Gasteiger partial charge is 0.116 e. The summed E-state index contributed by atoms with van der Waals surface area (Å²) in [5.74, 6) is 1.27. The molecule has 1 aromatic carbocycles. The largest absolute Gasteiger partial charge is 0.328 e. The lowest BCUT2D eigenvalue weighted by Gasteiger charge is -2.36. The van der Waals surface area contributed by atoms with Crippen molar-refractivity contribution in [2.45, 2.75) is 51.5 Å². The van der Waals surface area contributed by atoms with Gasteiger partial charge >= 0.3 is 0 Å². The number of fused-ring (bicyclic) bond motifs is 1. The first-order valence-corrected chi connectivity index (χ1v) is 8.45. The maximum absolute atomic E-state index is 6.15. The Labute approximate surface area is 131 Å². The van der Waals surface area contributed by atoms with Crippen molar-refractivity contribution >= 4 is 22.6 Å². The molecule has 1 N–H and O–H groups in total. The fraction of sp³-hybridized carbons (Fsp3) is 0.588. The van der Waals surface area contributed by atoms with Crippen LogP contribution in [0.1, 0.15) is 45.4 Å². The van der Waals surface area contributed by atoms with Crippen LogP contribution in [-0.4, -0.2) is 22.6 Å². The van der Waals surface area contributed by atoms with Crippen molar-refractivity contribution in [3.63, 3.8) is 0 Å². The SMILES string of the molecule is CCCn1c(C2(CC)CCNCC2)nc2cc(Cl)ccc21. The van der Waals surface area contributed by atoms with E-state index < -0.39 is 0 Å². The summed E-state index contributed by atoms with van der Waals surface area (Å²) in [5, 5.41) is 4.25. The van der Waals surface area contributed by atoms with E-state index >= 15 is 0 Å². The Morgan fingerprint density at radius 3 is 2.71 bits per heavy atom. The minimum Gasteiger partial charge on any atom is -0.328 e. The average Bonchev–Trinajstić information content (AvgIpc) is 2.87. The van der Waals surface area contributed by atoms with Crippen LogP contribution in [0.25, 0.3) is 11.0 Å². The van der Waals surface area contributed by atoms with Crippen LogP contribution in [0.5, 0.6) is 0 Å². The molecule has 0 amide bonds. The minimum atomic E-state index is 0.214. The highest BCUT2D eigenvalue weighted by molar-refractivity contribution is 6.31. The van der Waals surface area contributed by atoms with Gasteiger partial charge in [-0.3, -0.25) is 0 Å². The Bertz CT molecular complexity index is 626. The second-order valence-electron chi connectivity index (χ2n) is 6.10. The van der Waals surface area contributed by atoms with Crippen molar-refractivity contribution in [2.75, 3.05) is 13.1 Å². The number of piperidine rings is 1. The van der Waals surface area contributed by atoms with Gasteiger partial charge in [-0.2, -0.15) is 0 Å². The Balaban J connectivity index is 2.17. The number of hydrogen-bond acceptors (Lipinski definition) is 2. The summed E-state index contributed by atoms with van der Waals surface area (Å²) in [6, 6.07) is 6.09. The quantitative estimate of drug-likeness (QED) is 0.920. The number of halogens is 1. The van der Waals surface area contributed by atoms with Gasteiger partial charge in [0.2, 0.25) is 0 Å². The molecule has 2 heterocycles. The summed E-state index contributed by atoms with van der Waals surface area (Å²) in [6.45, 7) is 7.73. The fourth-order valence-corrected chi connectivity index (χ4v) is 3.76. The van der Waals surface area contributed by atoms with Gasteiger partial charge in [0.1, 0.15) is 5.82 Å². The molecule has 0 atom stereocenters. The number of nitrogens with one attached hydrogen (secondary N) is 1. The van der Waals surface area contributed by atoms with Crippen molar-refractivity contribution < 1.29 is 0 Å². The molecule has 2 aromatic rings. The number of imidazole rings is 1. The molecule has 3 rings (SSSR count). The Kier molecular flexibility index (Phi) is 4.23. The first-order chi connectivity index (χ1) is 10.2. The van der Waals surface area contributed by atoms with Crippen LogP contribution in [0.2, 0.25) is 5.02 Å². The second-order valence-corrected chi connectivity index (χ2v) is 6.54. The molecule has 0 saturated carbocycles. The summed E-state index contributed by atoms with van der Waals surface area (Å²) in [7, 11) is 0. The van der Waals surface area contributed by atoms with Gasteiger partial charge in [-0.05, 0) is 57.0 Å². The summed E-state index contributed by atoms with van der Waals surface area (Å²) in [6.07, 6.45) is 4.61. The predicted octanol–water partition coefficient (Wildman–Crippen LogP) is 4.13. The molecule has 3 nitrogen and oxygen atoms in total. The van der Waals surface area contributed by atoms with Crippen LogP contribution < -0.4 is 5.32 Å². The molecule has 21 heavy (non-hydrogen) atoms. The average molecular weight is 306 g/mol. The molecule has 0 spiro atoms. The van der Waals surface area contributed by atoms with Gasteiger partial charge in [-0.15, -0.1) is 0 Å². The van der Waals surface area contributed by atoms with Gasteiger partial charge < -0.3 is 9.88 Å². The molecule has 1 aliphatic rings. The zero-order valence-corrected chi connectivity index (χ0v) is 13.7. The highest BCUT2D eigenvalue weighted by atomic mass is 35.5. The summed E-state index contributed by atoms with van der Waals surface area (Å²) in [4.78, 5) is 5.01. The molecule has 0 bridgehead atoms. The normalized spacial score (nSPS) is 18.2. The van der Waals surface area contributed by atoms with E-state index in [0.717, 1.165) is 43.0 Å². The van der Waals surface area contributed by atoms with Crippen LogP contribution in [0.4, 0.5) is 0 Å². The van der Waals surface area contributed by atoms with Gasteiger partial charge in [0.05, 0.1) is 11.0 Å². The van der Waals surface area contributed by atoms with Crippen molar-refractivity contribution in [3.05, 3.63) is 29.0 Å². The van der Waals surface area contributed by atoms with E-state index in [0.29, 0.717) is 0 Å². The topological polar surface area (TPSA) is 29.9 Å². The lowest BCUT2D eigenvalue weighted by molar-refractivity contribution is 0.274. The predicted molar refractivity (Wildman–Crippen MR) is 89.1 cm³/mol. The first kappa shape index (κ1) is 14.9. The van der Waals surface area contributed by atoms with E-state index in [2.05, 4.69) is 29.8 Å². The summed E-state index contributed by atoms with van der Waals surface area (Å²) < 4.78 is 2.43. The highest BCUT2D eigenvalue weighted by Gasteiger charge is 2.36. The number of benzene rings is 1. The monoisotopic (exact) mass is 305 g/mol. The lowest BCUT2D eigenvalue weighted by Crippen LogP contribution is -2.41. The lowest BCUT2D eigenvalue weighted by atomic mass is 9.76. The fourth-order valence-electron chi connectivity index (χ4n) is 3.60. The molecule has 0 unspecified atom stereocenters. The maximum atomic E-state index is 6.15. The van der Waals surface area contributed by atoms with E-state index in [1.54, 1.807) is 0 Å². The van der Waals surface area contributed by atoms with Crippen molar-refractivity contribution in [1.29, 1.82) is 0 Å². The van der Waals surface area contributed by atoms with E-state index in [9.17, 15) is 0 Å². The van der Waals surface area contributed by atoms with Crippen LogP contribution in [0.15, 0.2) is 18.2 Å². The molecule has 1 aromatic heterocycles. The van der Waals surface area contributed by atoms with Crippen LogP contribution >= 0.6 is 11.6 Å². The Morgan fingerprint density at radius 2 is 2.05 bits per heavy atom. The molecule has 114 valence electrons. The first-order valence-electron chi connectivity index (χ1n) is 8.07. The zero-order chi connectivity index (χ0) is 14.9. The zero-order valence-electron chi connectivity index (χ0n) is 13.0. The Morgan fingerprint density at radius 1 is 1.29 bits per heavy atom. The number of aromatic nitrogens is 2. The van der Waals surface area contributed by atoms with Crippen LogP contribution in [0.3, 0.4) is 0 Å². The maximum Gasteiger partial charge on any atom is 0.116 e. The van der Waals surface area contributed by atoms with Gasteiger partial charge in [-0.1, -0.05) is 25.4 Å². The molecular formula is C17H24ClN3. The molecule has 0 radical (unpaired) electrons. The summed E-state index contributed by atoms with van der Waals surface area (Å²) >= 11 is 6.15. The highest BCUT2D eigenvalue weighted by Crippen LogP contribution is 2.38. The van der Waals surface area contributed by atoms with E-state index in [-0.39, 0.29) is 5.41 Å². The molecular weight excluding hydrogens is 282 g/mol. The molecule has 1 aliphatic heterocycles. The number of rotatable bonds is 4.